The summed E-state index contributed by atoms with van der Waals surface area (Å²) in [6.07, 6.45) is 0. The second-order valence-electron chi connectivity index (χ2n) is 3.22. The van der Waals surface area contributed by atoms with Crippen molar-refractivity contribution in [2.24, 2.45) is 0 Å². The number of ether oxygens (including phenoxy) is 1. The van der Waals surface area contributed by atoms with Gasteiger partial charge in [-0.3, -0.25) is 0 Å². The summed E-state index contributed by atoms with van der Waals surface area (Å²) in [5, 5.41) is 2.68. The van der Waals surface area contributed by atoms with Crippen LogP contribution < -0.4 is 4.74 Å². The van der Waals surface area contributed by atoms with Crippen molar-refractivity contribution in [1.82, 2.24) is 0 Å². The average molecular weight is 273 g/mol. The van der Waals surface area contributed by atoms with Gasteiger partial charge in [0, 0.05) is 15.5 Å². The van der Waals surface area contributed by atoms with Crippen LogP contribution in [0.15, 0.2) is 35.7 Å². The fourth-order valence-electron chi connectivity index (χ4n) is 1.35. The third kappa shape index (κ3) is 2.70. The Morgan fingerprint density at radius 2 is 2.06 bits per heavy atom. The van der Waals surface area contributed by atoms with Crippen LogP contribution in [-0.2, 0) is 12.5 Å². The van der Waals surface area contributed by atoms with E-state index in [1.165, 1.54) is 4.88 Å². The van der Waals surface area contributed by atoms with E-state index in [0.717, 1.165) is 11.3 Å². The Morgan fingerprint density at radius 3 is 2.75 bits per heavy atom. The van der Waals surface area contributed by atoms with Gasteiger partial charge in [-0.2, -0.15) is 0 Å². The van der Waals surface area contributed by atoms with Gasteiger partial charge < -0.3 is 4.74 Å². The van der Waals surface area contributed by atoms with Crippen molar-refractivity contribution >= 4 is 34.5 Å². The van der Waals surface area contributed by atoms with Gasteiger partial charge in [0.15, 0.2) is 0 Å². The molecule has 0 N–H and O–H groups in total. The molecule has 0 saturated heterocycles. The van der Waals surface area contributed by atoms with Gasteiger partial charge in [0.25, 0.3) is 0 Å². The van der Waals surface area contributed by atoms with Crippen molar-refractivity contribution in [2.75, 3.05) is 0 Å². The summed E-state index contributed by atoms with van der Waals surface area (Å²) in [4.78, 5) is 1.18. The largest absolute Gasteiger partial charge is 0.488 e. The molecule has 0 fully saturated rings. The van der Waals surface area contributed by atoms with Crippen molar-refractivity contribution in [3.05, 3.63) is 51.2 Å². The summed E-state index contributed by atoms with van der Waals surface area (Å²) < 4.78 is 5.69. The maximum atomic E-state index is 6.03. The predicted molar refractivity (Wildman–Crippen MR) is 69.7 cm³/mol. The van der Waals surface area contributed by atoms with Gasteiger partial charge in [-0.05, 0) is 23.6 Å². The number of hydrogen-bond acceptors (Lipinski definition) is 2. The molecule has 2 rings (SSSR count). The number of rotatable bonds is 4. The van der Waals surface area contributed by atoms with Crippen molar-refractivity contribution in [3.8, 4) is 5.75 Å². The fourth-order valence-corrected chi connectivity index (χ4v) is 2.54. The number of alkyl halides is 1. The molecule has 0 saturated carbocycles. The Balaban J connectivity index is 2.12. The number of hydrogen-bond donors (Lipinski definition) is 0. The van der Waals surface area contributed by atoms with Gasteiger partial charge in [-0.25, -0.2) is 0 Å². The van der Waals surface area contributed by atoms with Crippen molar-refractivity contribution < 1.29 is 4.74 Å². The molecule has 0 aliphatic heterocycles. The average Bonchev–Trinajstić information content (AvgIpc) is 2.79. The van der Waals surface area contributed by atoms with Gasteiger partial charge in [0.2, 0.25) is 0 Å². The van der Waals surface area contributed by atoms with E-state index < -0.39 is 0 Å². The highest BCUT2D eigenvalue weighted by molar-refractivity contribution is 7.09. The standard InChI is InChI=1S/C12H10Cl2OS/c13-7-10-11(14)4-1-5-12(10)15-8-9-3-2-6-16-9/h1-6H,7-8H2. The van der Waals surface area contributed by atoms with Crippen LogP contribution in [-0.4, -0.2) is 0 Å². The molecule has 0 atom stereocenters. The van der Waals surface area contributed by atoms with Crippen LogP contribution in [0.5, 0.6) is 5.75 Å². The predicted octanol–water partition coefficient (Wildman–Crippen LogP) is 4.72. The summed E-state index contributed by atoms with van der Waals surface area (Å²) in [5.74, 6) is 1.12. The van der Waals surface area contributed by atoms with Gasteiger partial charge >= 0.3 is 0 Å². The molecule has 1 heterocycles. The van der Waals surface area contributed by atoms with Crippen LogP contribution >= 0.6 is 34.5 Å². The molecule has 0 aliphatic rings. The minimum absolute atomic E-state index is 0.361. The normalized spacial score (nSPS) is 10.4. The summed E-state index contributed by atoms with van der Waals surface area (Å²) in [6.45, 7) is 0.557. The SMILES string of the molecule is ClCc1c(Cl)cccc1OCc1cccs1. The molecule has 0 aliphatic carbocycles. The highest BCUT2D eigenvalue weighted by atomic mass is 35.5. The van der Waals surface area contributed by atoms with Crippen LogP contribution in [0.3, 0.4) is 0 Å². The first-order chi connectivity index (χ1) is 7.81. The number of thiophene rings is 1. The summed E-state index contributed by atoms with van der Waals surface area (Å²) in [7, 11) is 0. The minimum atomic E-state index is 0.361. The third-order valence-electron chi connectivity index (χ3n) is 2.16. The van der Waals surface area contributed by atoms with E-state index in [1.807, 2.05) is 35.7 Å². The molecule has 0 unspecified atom stereocenters. The topological polar surface area (TPSA) is 9.23 Å². The molecule has 84 valence electrons. The lowest BCUT2D eigenvalue weighted by molar-refractivity contribution is 0.307. The van der Waals surface area contributed by atoms with Crippen LogP contribution in [0.4, 0.5) is 0 Å². The number of benzene rings is 1. The first-order valence-corrected chi connectivity index (χ1v) is 6.59. The van der Waals surface area contributed by atoms with Gasteiger partial charge in [-0.15, -0.1) is 22.9 Å². The Hall–Kier alpha value is -0.700. The Bertz CT molecular complexity index is 454. The molecule has 0 radical (unpaired) electrons. The summed E-state index contributed by atoms with van der Waals surface area (Å²) in [6, 6.07) is 9.61. The molecule has 1 aromatic heterocycles. The minimum Gasteiger partial charge on any atom is -0.488 e. The first-order valence-electron chi connectivity index (χ1n) is 4.80. The lowest BCUT2D eigenvalue weighted by Crippen LogP contribution is -1.96. The Kier molecular flexibility index (Phi) is 4.10. The zero-order valence-corrected chi connectivity index (χ0v) is 10.8. The van der Waals surface area contributed by atoms with E-state index in [2.05, 4.69) is 0 Å². The second-order valence-corrected chi connectivity index (χ2v) is 4.92. The molecule has 0 bridgehead atoms. The summed E-state index contributed by atoms with van der Waals surface area (Å²) >= 11 is 13.5. The molecule has 1 aromatic carbocycles. The lowest BCUT2D eigenvalue weighted by atomic mass is 10.2. The van der Waals surface area contributed by atoms with Crippen molar-refractivity contribution in [2.45, 2.75) is 12.5 Å². The molecule has 0 amide bonds. The van der Waals surface area contributed by atoms with Crippen LogP contribution in [0.25, 0.3) is 0 Å². The smallest absolute Gasteiger partial charge is 0.125 e. The first kappa shape index (κ1) is 11.8. The van der Waals surface area contributed by atoms with Gasteiger partial charge in [-0.1, -0.05) is 23.7 Å². The maximum Gasteiger partial charge on any atom is 0.125 e. The quantitative estimate of drug-likeness (QED) is 0.732. The fraction of sp³-hybridized carbons (Fsp3) is 0.167. The van der Waals surface area contributed by atoms with Gasteiger partial charge in [0.05, 0.1) is 5.88 Å². The van der Waals surface area contributed by atoms with E-state index in [1.54, 1.807) is 11.3 Å². The third-order valence-corrected chi connectivity index (χ3v) is 3.63. The molecular formula is C12H10Cl2OS. The van der Waals surface area contributed by atoms with E-state index in [-0.39, 0.29) is 0 Å². The maximum absolute atomic E-state index is 6.03. The second kappa shape index (κ2) is 5.58. The van der Waals surface area contributed by atoms with Crippen molar-refractivity contribution in [3.63, 3.8) is 0 Å². The van der Waals surface area contributed by atoms with E-state index >= 15 is 0 Å². The Labute approximate surface area is 109 Å². The molecular weight excluding hydrogens is 263 g/mol. The molecule has 2 aromatic rings. The van der Waals surface area contributed by atoms with E-state index in [4.69, 9.17) is 27.9 Å². The number of halogens is 2. The van der Waals surface area contributed by atoms with E-state index in [0.29, 0.717) is 17.5 Å². The van der Waals surface area contributed by atoms with Gasteiger partial charge in [0.1, 0.15) is 12.4 Å². The van der Waals surface area contributed by atoms with Crippen LogP contribution in [0.1, 0.15) is 10.4 Å². The molecule has 16 heavy (non-hydrogen) atoms. The highest BCUT2D eigenvalue weighted by Gasteiger charge is 2.07. The zero-order chi connectivity index (χ0) is 11.4. The highest BCUT2D eigenvalue weighted by Crippen LogP contribution is 2.28. The molecule has 1 nitrogen and oxygen atoms in total. The van der Waals surface area contributed by atoms with E-state index in [9.17, 15) is 0 Å². The molecule has 0 spiro atoms. The summed E-state index contributed by atoms with van der Waals surface area (Å²) in [5.41, 5.74) is 0.849. The lowest BCUT2D eigenvalue weighted by Gasteiger charge is -2.10. The molecule has 4 heteroatoms. The monoisotopic (exact) mass is 272 g/mol. The van der Waals surface area contributed by atoms with Crippen LogP contribution in [0, 0.1) is 0 Å². The zero-order valence-electron chi connectivity index (χ0n) is 8.45. The van der Waals surface area contributed by atoms with Crippen LogP contribution in [0.2, 0.25) is 5.02 Å². The Morgan fingerprint density at radius 1 is 1.19 bits per heavy atom. The van der Waals surface area contributed by atoms with Crippen molar-refractivity contribution in [1.29, 1.82) is 0 Å².